The summed E-state index contributed by atoms with van der Waals surface area (Å²) in [6, 6.07) is -0.351. The van der Waals surface area contributed by atoms with Crippen LogP contribution in [0.25, 0.3) is 0 Å². The van der Waals surface area contributed by atoms with Crippen molar-refractivity contribution in [3.05, 3.63) is 0 Å². The first-order valence-electron chi connectivity index (χ1n) is 7.88. The van der Waals surface area contributed by atoms with E-state index in [4.69, 9.17) is 0 Å². The minimum absolute atomic E-state index is 0.0590. The van der Waals surface area contributed by atoms with Crippen LogP contribution in [0.15, 0.2) is 0 Å². The van der Waals surface area contributed by atoms with Gasteiger partial charge in [0.2, 0.25) is 0 Å². The second kappa shape index (κ2) is 6.46. The molecule has 2 unspecified atom stereocenters. The second-order valence-electron chi connectivity index (χ2n) is 6.05. The summed E-state index contributed by atoms with van der Waals surface area (Å²) in [5.41, 5.74) is 0. The second-order valence-corrected chi connectivity index (χ2v) is 6.05. The number of rotatable bonds is 5. The largest absolute Gasteiger partial charge is 0.480 e. The lowest BCUT2D eigenvalue weighted by Crippen LogP contribution is -2.55. The third-order valence-electron chi connectivity index (χ3n) is 4.52. The Bertz CT molecular complexity index is 368. The molecule has 0 aromatic rings. The maximum absolute atomic E-state index is 12.7. The highest BCUT2D eigenvalue weighted by Crippen LogP contribution is 2.31. The predicted octanol–water partition coefficient (Wildman–Crippen LogP) is 2.56. The Morgan fingerprint density at radius 3 is 2.45 bits per heavy atom. The number of carbonyl (C=O) groups is 2. The number of carboxylic acid groups (broad SMARTS) is 1. The zero-order valence-electron chi connectivity index (χ0n) is 12.5. The quantitative estimate of drug-likeness (QED) is 0.843. The zero-order chi connectivity index (χ0) is 14.7. The van der Waals surface area contributed by atoms with Gasteiger partial charge in [-0.05, 0) is 38.0 Å². The van der Waals surface area contributed by atoms with Crippen LogP contribution in [0.1, 0.15) is 52.4 Å². The average Bonchev–Trinajstić information content (AvgIpc) is 3.27. The van der Waals surface area contributed by atoms with Crippen LogP contribution in [-0.2, 0) is 4.79 Å². The van der Waals surface area contributed by atoms with Crippen molar-refractivity contribution in [2.24, 2.45) is 5.92 Å². The van der Waals surface area contributed by atoms with Crippen molar-refractivity contribution in [3.63, 3.8) is 0 Å². The fraction of sp³-hybridized carbons (Fsp3) is 0.867. The Hall–Kier alpha value is -1.26. The minimum Gasteiger partial charge on any atom is -0.480 e. The molecule has 5 heteroatoms. The number of amides is 2. The van der Waals surface area contributed by atoms with Crippen molar-refractivity contribution < 1.29 is 14.7 Å². The van der Waals surface area contributed by atoms with Crippen LogP contribution in [0.3, 0.4) is 0 Å². The SMILES string of the molecule is CCCN(C(=O)N1CCC(CC)CC1C(=O)O)C1CC1. The van der Waals surface area contributed by atoms with E-state index < -0.39 is 12.0 Å². The molecule has 1 N–H and O–H groups in total. The molecular formula is C15H26N2O3. The van der Waals surface area contributed by atoms with Crippen LogP contribution in [0.2, 0.25) is 0 Å². The van der Waals surface area contributed by atoms with Crippen molar-refractivity contribution in [1.29, 1.82) is 0 Å². The number of carbonyl (C=O) groups excluding carboxylic acids is 1. The molecule has 0 aromatic carbocycles. The normalized spacial score (nSPS) is 26.4. The van der Waals surface area contributed by atoms with Gasteiger partial charge in [0.05, 0.1) is 0 Å². The summed E-state index contributed by atoms with van der Waals surface area (Å²) in [7, 11) is 0. The summed E-state index contributed by atoms with van der Waals surface area (Å²) in [4.78, 5) is 27.6. The molecule has 114 valence electrons. The van der Waals surface area contributed by atoms with Crippen LogP contribution < -0.4 is 0 Å². The molecule has 0 bridgehead atoms. The van der Waals surface area contributed by atoms with Gasteiger partial charge in [0.1, 0.15) is 6.04 Å². The molecule has 1 heterocycles. The molecule has 1 aliphatic heterocycles. The maximum Gasteiger partial charge on any atom is 0.326 e. The molecule has 5 nitrogen and oxygen atoms in total. The third kappa shape index (κ3) is 3.25. The van der Waals surface area contributed by atoms with E-state index >= 15 is 0 Å². The molecule has 20 heavy (non-hydrogen) atoms. The molecule has 0 spiro atoms. The first kappa shape index (κ1) is 15.1. The Balaban J connectivity index is 2.07. The zero-order valence-corrected chi connectivity index (χ0v) is 12.5. The van der Waals surface area contributed by atoms with Crippen molar-refractivity contribution >= 4 is 12.0 Å². The summed E-state index contributed by atoms with van der Waals surface area (Å²) in [6.07, 6.45) is 5.57. The molecule has 1 aliphatic carbocycles. The average molecular weight is 282 g/mol. The monoisotopic (exact) mass is 282 g/mol. The highest BCUT2D eigenvalue weighted by atomic mass is 16.4. The number of likely N-dealkylation sites (tertiary alicyclic amines) is 1. The fourth-order valence-corrected chi connectivity index (χ4v) is 3.10. The number of piperidine rings is 1. The van der Waals surface area contributed by atoms with Gasteiger partial charge in [-0.2, -0.15) is 0 Å². The molecule has 1 saturated carbocycles. The number of carboxylic acids is 1. The lowest BCUT2D eigenvalue weighted by atomic mass is 9.89. The van der Waals surface area contributed by atoms with E-state index in [-0.39, 0.29) is 6.03 Å². The van der Waals surface area contributed by atoms with E-state index in [0.29, 0.717) is 24.9 Å². The lowest BCUT2D eigenvalue weighted by Gasteiger charge is -2.39. The third-order valence-corrected chi connectivity index (χ3v) is 4.52. The summed E-state index contributed by atoms with van der Waals surface area (Å²) in [5.74, 6) is -0.426. The van der Waals surface area contributed by atoms with Gasteiger partial charge >= 0.3 is 12.0 Å². The first-order chi connectivity index (χ1) is 9.58. The standard InChI is InChI=1S/C15H26N2O3/c1-3-8-16(12-5-6-12)15(20)17-9-7-11(4-2)10-13(17)14(18)19/h11-13H,3-10H2,1-2H3,(H,18,19). The number of aliphatic carboxylic acids is 1. The number of hydrogen-bond acceptors (Lipinski definition) is 2. The van der Waals surface area contributed by atoms with Crippen molar-refractivity contribution in [3.8, 4) is 0 Å². The van der Waals surface area contributed by atoms with Crippen molar-refractivity contribution in [2.45, 2.75) is 64.5 Å². The highest BCUT2D eigenvalue weighted by molar-refractivity contribution is 5.83. The Labute approximate surface area is 120 Å². The van der Waals surface area contributed by atoms with Gasteiger partial charge in [0, 0.05) is 19.1 Å². The predicted molar refractivity (Wildman–Crippen MR) is 76.6 cm³/mol. The molecule has 0 radical (unpaired) electrons. The van der Waals surface area contributed by atoms with Gasteiger partial charge in [-0.15, -0.1) is 0 Å². The van der Waals surface area contributed by atoms with Crippen LogP contribution in [0.4, 0.5) is 4.79 Å². The first-order valence-corrected chi connectivity index (χ1v) is 7.88. The Kier molecular flexibility index (Phi) is 4.89. The molecule has 2 aliphatic rings. The van der Waals surface area contributed by atoms with E-state index in [1.165, 1.54) is 0 Å². The smallest absolute Gasteiger partial charge is 0.326 e. The van der Waals surface area contributed by atoms with E-state index in [1.807, 2.05) is 4.90 Å². The molecule has 2 rings (SSSR count). The summed E-state index contributed by atoms with van der Waals surface area (Å²) < 4.78 is 0. The molecular weight excluding hydrogens is 256 g/mol. The Morgan fingerprint density at radius 2 is 1.95 bits per heavy atom. The van der Waals surface area contributed by atoms with Crippen molar-refractivity contribution in [1.82, 2.24) is 9.80 Å². The molecule has 2 fully saturated rings. The van der Waals surface area contributed by atoms with Gasteiger partial charge in [0.15, 0.2) is 0 Å². The van der Waals surface area contributed by atoms with E-state index in [9.17, 15) is 14.7 Å². The summed E-state index contributed by atoms with van der Waals surface area (Å²) >= 11 is 0. The van der Waals surface area contributed by atoms with Crippen LogP contribution in [-0.4, -0.2) is 52.1 Å². The summed E-state index contributed by atoms with van der Waals surface area (Å²) in [5, 5.41) is 9.42. The van der Waals surface area contributed by atoms with Gasteiger partial charge in [-0.25, -0.2) is 9.59 Å². The van der Waals surface area contributed by atoms with Gasteiger partial charge < -0.3 is 14.9 Å². The Morgan fingerprint density at radius 1 is 1.25 bits per heavy atom. The fourth-order valence-electron chi connectivity index (χ4n) is 3.10. The molecule has 0 aromatic heterocycles. The number of hydrogen-bond donors (Lipinski definition) is 1. The van der Waals surface area contributed by atoms with E-state index in [2.05, 4.69) is 13.8 Å². The maximum atomic E-state index is 12.7. The highest BCUT2D eigenvalue weighted by Gasteiger charge is 2.40. The summed E-state index contributed by atoms with van der Waals surface area (Å²) in [6.45, 7) is 5.47. The van der Waals surface area contributed by atoms with Crippen LogP contribution in [0.5, 0.6) is 0 Å². The molecule has 2 atom stereocenters. The van der Waals surface area contributed by atoms with E-state index in [1.54, 1.807) is 4.90 Å². The van der Waals surface area contributed by atoms with Gasteiger partial charge in [-0.1, -0.05) is 20.3 Å². The lowest BCUT2D eigenvalue weighted by molar-refractivity contribution is -0.144. The van der Waals surface area contributed by atoms with Gasteiger partial charge in [-0.3, -0.25) is 0 Å². The topological polar surface area (TPSA) is 60.9 Å². The van der Waals surface area contributed by atoms with Crippen molar-refractivity contribution in [2.75, 3.05) is 13.1 Å². The van der Waals surface area contributed by atoms with Crippen LogP contribution >= 0.6 is 0 Å². The number of urea groups is 1. The van der Waals surface area contributed by atoms with Gasteiger partial charge in [0.25, 0.3) is 0 Å². The number of nitrogens with zero attached hydrogens (tertiary/aromatic N) is 2. The van der Waals surface area contributed by atoms with Crippen LogP contribution in [0, 0.1) is 5.92 Å². The minimum atomic E-state index is -0.858. The van der Waals surface area contributed by atoms with E-state index in [0.717, 1.165) is 38.6 Å². The molecule has 1 saturated heterocycles. The molecule has 2 amide bonds.